The molecule has 116 valence electrons. The zero-order valence-corrected chi connectivity index (χ0v) is 12.3. The molecule has 0 radical (unpaired) electrons. The van der Waals surface area contributed by atoms with Gasteiger partial charge < -0.3 is 9.84 Å². The van der Waals surface area contributed by atoms with E-state index in [2.05, 4.69) is 10.5 Å². The van der Waals surface area contributed by atoms with Gasteiger partial charge in [0, 0.05) is 18.2 Å². The van der Waals surface area contributed by atoms with Gasteiger partial charge in [-0.2, -0.15) is 13.2 Å². The molecule has 0 bridgehead atoms. The Morgan fingerprint density at radius 2 is 1.95 bits per heavy atom. The minimum absolute atomic E-state index is 0.0507. The summed E-state index contributed by atoms with van der Waals surface area (Å²) in [6.45, 7) is 7.75. The fraction of sp³-hybridized carbons (Fsp3) is 0.769. The van der Waals surface area contributed by atoms with Gasteiger partial charge in [-0.25, -0.2) is 0 Å². The maximum Gasteiger partial charge on any atom is 0.401 e. The molecule has 1 heterocycles. The molecule has 0 amide bonds. The van der Waals surface area contributed by atoms with Crippen LogP contribution in [0.5, 0.6) is 0 Å². The smallest absolute Gasteiger partial charge is 0.360 e. The molecular weight excluding hydrogens is 271 g/mol. The molecule has 7 heteroatoms. The Morgan fingerprint density at radius 1 is 1.30 bits per heavy atom. The molecular formula is C13H22F3N3O. The first-order valence-corrected chi connectivity index (χ1v) is 6.57. The first-order chi connectivity index (χ1) is 9.09. The zero-order chi connectivity index (χ0) is 15.4. The summed E-state index contributed by atoms with van der Waals surface area (Å²) in [7, 11) is 0. The van der Waals surface area contributed by atoms with Crippen molar-refractivity contribution < 1.29 is 17.7 Å². The quantitative estimate of drug-likeness (QED) is 0.875. The third kappa shape index (κ3) is 6.91. The number of aromatic nitrogens is 1. The lowest BCUT2D eigenvalue weighted by Gasteiger charge is -2.20. The van der Waals surface area contributed by atoms with Crippen LogP contribution in [0, 0.1) is 0 Å². The van der Waals surface area contributed by atoms with Crippen LogP contribution < -0.4 is 5.32 Å². The molecule has 0 saturated heterocycles. The van der Waals surface area contributed by atoms with Gasteiger partial charge in [-0.1, -0.05) is 12.1 Å². The molecule has 1 N–H and O–H groups in total. The van der Waals surface area contributed by atoms with Crippen molar-refractivity contribution in [1.29, 1.82) is 0 Å². The monoisotopic (exact) mass is 293 g/mol. The predicted octanol–water partition coefficient (Wildman–Crippen LogP) is 2.95. The van der Waals surface area contributed by atoms with Crippen LogP contribution in [0.4, 0.5) is 13.2 Å². The molecule has 1 rings (SSSR count). The number of nitrogens with one attached hydrogen (secondary N) is 1. The Labute approximate surface area is 117 Å². The summed E-state index contributed by atoms with van der Waals surface area (Å²) in [4.78, 5) is 1.27. The normalized spacial score (nSPS) is 13.2. The maximum absolute atomic E-state index is 12.4. The van der Waals surface area contributed by atoms with Crippen molar-refractivity contribution in [2.24, 2.45) is 0 Å². The van der Waals surface area contributed by atoms with Crippen LogP contribution in [-0.4, -0.2) is 34.9 Å². The molecule has 0 spiro atoms. The number of rotatable bonds is 6. The topological polar surface area (TPSA) is 41.3 Å². The highest BCUT2D eigenvalue weighted by atomic mass is 19.4. The summed E-state index contributed by atoms with van der Waals surface area (Å²) in [5, 5.41) is 7.10. The Bertz CT molecular complexity index is 410. The van der Waals surface area contributed by atoms with E-state index >= 15 is 0 Å². The van der Waals surface area contributed by atoms with Crippen LogP contribution in [0.2, 0.25) is 0 Å². The Kier molecular flexibility index (Phi) is 5.59. The summed E-state index contributed by atoms with van der Waals surface area (Å²) >= 11 is 0. The fourth-order valence-electron chi connectivity index (χ4n) is 1.62. The molecule has 1 aromatic rings. The van der Waals surface area contributed by atoms with Crippen molar-refractivity contribution in [2.75, 3.05) is 13.1 Å². The van der Waals surface area contributed by atoms with Crippen molar-refractivity contribution in [3.63, 3.8) is 0 Å². The van der Waals surface area contributed by atoms with E-state index in [-0.39, 0.29) is 12.1 Å². The molecule has 0 aromatic carbocycles. The largest absolute Gasteiger partial charge is 0.401 e. The fourth-order valence-corrected chi connectivity index (χ4v) is 1.62. The lowest BCUT2D eigenvalue weighted by atomic mass is 10.1. The lowest BCUT2D eigenvalue weighted by molar-refractivity contribution is -0.147. The second kappa shape index (κ2) is 6.58. The third-order valence-corrected chi connectivity index (χ3v) is 2.64. The molecule has 20 heavy (non-hydrogen) atoms. The molecule has 0 aliphatic rings. The summed E-state index contributed by atoms with van der Waals surface area (Å²) < 4.78 is 42.1. The van der Waals surface area contributed by atoms with Gasteiger partial charge in [0.05, 0.1) is 18.8 Å². The van der Waals surface area contributed by atoms with E-state index < -0.39 is 12.7 Å². The summed E-state index contributed by atoms with van der Waals surface area (Å²) in [5.41, 5.74) is 0.642. The summed E-state index contributed by atoms with van der Waals surface area (Å²) in [6, 6.07) is 1.69. The van der Waals surface area contributed by atoms with Gasteiger partial charge >= 0.3 is 6.18 Å². The van der Waals surface area contributed by atoms with E-state index in [0.29, 0.717) is 24.5 Å². The first-order valence-electron chi connectivity index (χ1n) is 6.57. The maximum atomic E-state index is 12.4. The van der Waals surface area contributed by atoms with Crippen molar-refractivity contribution in [1.82, 2.24) is 15.4 Å². The molecule has 0 aliphatic heterocycles. The summed E-state index contributed by atoms with van der Waals surface area (Å²) in [6.07, 6.45) is -4.20. The Hall–Kier alpha value is -1.08. The summed E-state index contributed by atoms with van der Waals surface area (Å²) in [5.74, 6) is 0.446. The highest BCUT2D eigenvalue weighted by Crippen LogP contribution is 2.18. The number of alkyl halides is 3. The van der Waals surface area contributed by atoms with Crippen LogP contribution >= 0.6 is 0 Å². The highest BCUT2D eigenvalue weighted by molar-refractivity contribution is 5.05. The molecule has 0 aliphatic carbocycles. The van der Waals surface area contributed by atoms with Crippen molar-refractivity contribution >= 4 is 0 Å². The number of halogens is 3. The van der Waals surface area contributed by atoms with Crippen LogP contribution in [0.1, 0.15) is 39.1 Å². The zero-order valence-electron chi connectivity index (χ0n) is 12.3. The predicted molar refractivity (Wildman–Crippen MR) is 70.1 cm³/mol. The van der Waals surface area contributed by atoms with E-state index in [4.69, 9.17) is 4.52 Å². The standard InChI is InChI=1S/C13H22F3N3O/c1-5-19(9-13(14,15)16)8-11-6-10(18-20-11)7-17-12(2,3)4/h6,17H,5,7-9H2,1-4H3. The molecule has 0 unspecified atom stereocenters. The third-order valence-electron chi connectivity index (χ3n) is 2.64. The molecule has 0 atom stereocenters. The number of nitrogens with zero attached hydrogens (tertiary/aromatic N) is 2. The van der Waals surface area contributed by atoms with Gasteiger partial charge in [0.2, 0.25) is 0 Å². The highest BCUT2D eigenvalue weighted by Gasteiger charge is 2.30. The Morgan fingerprint density at radius 3 is 2.45 bits per heavy atom. The van der Waals surface area contributed by atoms with Gasteiger partial charge in [-0.05, 0) is 27.3 Å². The van der Waals surface area contributed by atoms with Gasteiger partial charge in [0.1, 0.15) is 0 Å². The molecule has 1 aromatic heterocycles. The van der Waals surface area contributed by atoms with Crippen LogP contribution in [0.25, 0.3) is 0 Å². The van der Waals surface area contributed by atoms with Gasteiger partial charge in [-0.15, -0.1) is 0 Å². The van der Waals surface area contributed by atoms with Crippen LogP contribution in [0.15, 0.2) is 10.6 Å². The minimum Gasteiger partial charge on any atom is -0.360 e. The van der Waals surface area contributed by atoms with Gasteiger partial charge in [-0.3, -0.25) is 4.90 Å². The second-order valence-electron chi connectivity index (χ2n) is 5.81. The van der Waals surface area contributed by atoms with Crippen molar-refractivity contribution in [3.8, 4) is 0 Å². The Balaban J connectivity index is 2.54. The average molecular weight is 293 g/mol. The van der Waals surface area contributed by atoms with Crippen molar-refractivity contribution in [2.45, 2.75) is 52.5 Å². The van der Waals surface area contributed by atoms with E-state index in [9.17, 15) is 13.2 Å². The van der Waals surface area contributed by atoms with E-state index in [1.54, 1.807) is 13.0 Å². The molecule has 4 nitrogen and oxygen atoms in total. The second-order valence-corrected chi connectivity index (χ2v) is 5.81. The van der Waals surface area contributed by atoms with E-state index in [1.165, 1.54) is 4.90 Å². The number of hydrogen-bond donors (Lipinski definition) is 1. The molecule has 0 saturated carbocycles. The van der Waals surface area contributed by atoms with Crippen LogP contribution in [-0.2, 0) is 13.1 Å². The minimum atomic E-state index is -4.20. The van der Waals surface area contributed by atoms with E-state index in [0.717, 1.165) is 0 Å². The first kappa shape index (κ1) is 17.0. The van der Waals surface area contributed by atoms with Crippen molar-refractivity contribution in [3.05, 3.63) is 17.5 Å². The van der Waals surface area contributed by atoms with Crippen LogP contribution in [0.3, 0.4) is 0 Å². The van der Waals surface area contributed by atoms with E-state index in [1.807, 2.05) is 20.8 Å². The number of hydrogen-bond acceptors (Lipinski definition) is 4. The SMILES string of the molecule is CCN(Cc1cc(CNC(C)(C)C)no1)CC(F)(F)F. The average Bonchev–Trinajstić information content (AvgIpc) is 2.70. The van der Waals surface area contributed by atoms with Gasteiger partial charge in [0.15, 0.2) is 5.76 Å². The lowest BCUT2D eigenvalue weighted by Crippen LogP contribution is -2.35. The van der Waals surface area contributed by atoms with Gasteiger partial charge in [0.25, 0.3) is 0 Å². The molecule has 0 fully saturated rings.